The molecule has 0 saturated heterocycles. The molecule has 0 bridgehead atoms. The summed E-state index contributed by atoms with van der Waals surface area (Å²) in [4.78, 5) is 2.38. The zero-order valence-corrected chi connectivity index (χ0v) is 26.2. The molecule has 2 heteroatoms. The number of hydrogen-bond donors (Lipinski definition) is 1. The third kappa shape index (κ3) is 6.31. The Morgan fingerprint density at radius 3 is 1.78 bits per heavy atom. The molecule has 46 heavy (non-hydrogen) atoms. The number of benzene rings is 6. The summed E-state index contributed by atoms with van der Waals surface area (Å²) in [6.07, 6.45) is 9.84. The molecule has 6 aromatic carbocycles. The highest BCUT2D eigenvalue weighted by atomic mass is 15.1. The Bertz CT molecular complexity index is 1910. The molecular weight excluding hydrogens is 556 g/mol. The van der Waals surface area contributed by atoms with Crippen molar-refractivity contribution in [1.29, 1.82) is 0 Å². The van der Waals surface area contributed by atoms with E-state index in [4.69, 9.17) is 5.73 Å². The van der Waals surface area contributed by atoms with Crippen LogP contribution in [0.15, 0.2) is 170 Å². The highest BCUT2D eigenvalue weighted by molar-refractivity contribution is 5.89. The number of anilines is 3. The molecule has 0 radical (unpaired) electrons. The maximum atomic E-state index is 7.04. The first-order chi connectivity index (χ1) is 22.7. The smallest absolute Gasteiger partial charge is 0.0540 e. The minimum atomic E-state index is -0.285. The van der Waals surface area contributed by atoms with Crippen LogP contribution in [0.25, 0.3) is 33.4 Å². The van der Waals surface area contributed by atoms with Crippen LogP contribution in [0.1, 0.15) is 37.7 Å². The zero-order chi connectivity index (χ0) is 31.2. The number of hydrogen-bond acceptors (Lipinski definition) is 2. The predicted octanol–water partition coefficient (Wildman–Crippen LogP) is 11.8. The summed E-state index contributed by atoms with van der Waals surface area (Å²) in [5.41, 5.74) is 18.5. The fourth-order valence-corrected chi connectivity index (χ4v) is 6.74. The van der Waals surface area contributed by atoms with Crippen molar-refractivity contribution in [2.24, 2.45) is 5.73 Å². The summed E-state index contributed by atoms with van der Waals surface area (Å²) in [6.45, 7) is 0. The first-order valence-corrected chi connectivity index (χ1v) is 16.4. The topological polar surface area (TPSA) is 29.3 Å². The van der Waals surface area contributed by atoms with Crippen LogP contribution in [-0.2, 0) is 5.54 Å². The number of allylic oxidation sites excluding steroid dienone is 2. The van der Waals surface area contributed by atoms with E-state index in [1.807, 2.05) is 0 Å². The number of para-hydroxylation sites is 1. The van der Waals surface area contributed by atoms with Crippen molar-refractivity contribution in [3.63, 3.8) is 0 Å². The Kier molecular flexibility index (Phi) is 8.63. The molecule has 0 amide bonds. The summed E-state index contributed by atoms with van der Waals surface area (Å²) < 4.78 is 0. The van der Waals surface area contributed by atoms with Crippen LogP contribution >= 0.6 is 0 Å². The number of nitrogens with zero attached hydrogens (tertiary/aromatic N) is 1. The van der Waals surface area contributed by atoms with Gasteiger partial charge in [0.05, 0.1) is 5.69 Å². The lowest BCUT2D eigenvalue weighted by atomic mass is 9.80. The van der Waals surface area contributed by atoms with E-state index >= 15 is 0 Å². The van der Waals surface area contributed by atoms with Crippen LogP contribution in [0.3, 0.4) is 0 Å². The maximum Gasteiger partial charge on any atom is 0.0540 e. The molecule has 1 unspecified atom stereocenters. The van der Waals surface area contributed by atoms with Gasteiger partial charge in [0.15, 0.2) is 0 Å². The Labute approximate surface area is 273 Å². The van der Waals surface area contributed by atoms with Crippen molar-refractivity contribution in [3.8, 4) is 33.4 Å². The monoisotopic (exact) mass is 596 g/mol. The van der Waals surface area contributed by atoms with Gasteiger partial charge >= 0.3 is 0 Å². The minimum Gasteiger partial charge on any atom is -0.321 e. The summed E-state index contributed by atoms with van der Waals surface area (Å²) in [7, 11) is 0. The van der Waals surface area contributed by atoms with Crippen LogP contribution in [0.2, 0.25) is 0 Å². The number of rotatable bonds is 7. The molecule has 0 spiro atoms. The van der Waals surface area contributed by atoms with Crippen LogP contribution < -0.4 is 10.6 Å². The van der Waals surface area contributed by atoms with E-state index < -0.39 is 0 Å². The summed E-state index contributed by atoms with van der Waals surface area (Å²) in [5.74, 6) is 0. The fourth-order valence-electron chi connectivity index (χ4n) is 6.74. The third-order valence-electron chi connectivity index (χ3n) is 9.28. The molecule has 2 N–H and O–H groups in total. The van der Waals surface area contributed by atoms with Crippen molar-refractivity contribution in [1.82, 2.24) is 0 Å². The lowest BCUT2D eigenvalue weighted by Crippen LogP contribution is -2.36. The Morgan fingerprint density at radius 2 is 1.04 bits per heavy atom. The molecule has 0 fully saturated rings. The molecule has 1 aliphatic carbocycles. The van der Waals surface area contributed by atoms with Crippen molar-refractivity contribution in [3.05, 3.63) is 175 Å². The van der Waals surface area contributed by atoms with E-state index in [2.05, 4.69) is 175 Å². The van der Waals surface area contributed by atoms with Gasteiger partial charge in [-0.2, -0.15) is 0 Å². The zero-order valence-electron chi connectivity index (χ0n) is 26.2. The van der Waals surface area contributed by atoms with Crippen LogP contribution in [-0.4, -0.2) is 0 Å². The van der Waals surface area contributed by atoms with Gasteiger partial charge in [0.1, 0.15) is 0 Å². The van der Waals surface area contributed by atoms with Crippen molar-refractivity contribution in [2.45, 2.75) is 37.6 Å². The molecule has 7 rings (SSSR count). The Hall–Kier alpha value is -5.18. The first-order valence-electron chi connectivity index (χ1n) is 16.4. The molecule has 6 aromatic rings. The summed E-state index contributed by atoms with van der Waals surface area (Å²) in [6, 6.07) is 56.7. The van der Waals surface area contributed by atoms with E-state index in [1.54, 1.807) is 0 Å². The second-order valence-corrected chi connectivity index (χ2v) is 12.3. The fraction of sp³-hybridized carbons (Fsp3) is 0.136. The van der Waals surface area contributed by atoms with Gasteiger partial charge in [-0.05, 0) is 95.8 Å². The van der Waals surface area contributed by atoms with Crippen LogP contribution in [0.5, 0.6) is 0 Å². The van der Waals surface area contributed by atoms with E-state index in [1.165, 1.54) is 38.9 Å². The SMILES string of the molecule is NC1(c2ccc(-c3ccccc3N(c3ccc(-c4ccccc4)cc3)c3cccc(-c4ccccc4)c3)cc2)CC/C=C/CCC1. The highest BCUT2D eigenvalue weighted by Gasteiger charge is 2.27. The summed E-state index contributed by atoms with van der Waals surface area (Å²) in [5, 5.41) is 0. The predicted molar refractivity (Wildman–Crippen MR) is 196 cm³/mol. The molecule has 0 heterocycles. The quantitative estimate of drug-likeness (QED) is 0.186. The van der Waals surface area contributed by atoms with E-state index in [0.29, 0.717) is 0 Å². The molecule has 0 aromatic heterocycles. The largest absolute Gasteiger partial charge is 0.321 e. The normalized spacial score (nSPS) is 17.1. The lowest BCUT2D eigenvalue weighted by Gasteiger charge is -2.31. The Balaban J connectivity index is 1.31. The average molecular weight is 597 g/mol. The second-order valence-electron chi connectivity index (χ2n) is 12.3. The van der Waals surface area contributed by atoms with E-state index in [-0.39, 0.29) is 5.54 Å². The van der Waals surface area contributed by atoms with Gasteiger partial charge in [-0.25, -0.2) is 0 Å². The minimum absolute atomic E-state index is 0.285. The van der Waals surface area contributed by atoms with Gasteiger partial charge in [-0.15, -0.1) is 0 Å². The molecule has 0 aliphatic heterocycles. The van der Waals surface area contributed by atoms with Crippen molar-refractivity contribution < 1.29 is 0 Å². The van der Waals surface area contributed by atoms with Crippen LogP contribution in [0.4, 0.5) is 17.1 Å². The standard InChI is InChI=1S/C44H40N2/c45-44(31-12-2-1-3-13-32-44)39-27-23-37(24-28-39)42-21-10-11-22-43(42)46(40-29-25-36(26-30-40)34-15-6-4-7-16-34)41-20-14-19-38(33-41)35-17-8-5-9-18-35/h1-2,4-11,14-30,33H,3,12-13,31-32,45H2/b2-1+. The van der Waals surface area contributed by atoms with E-state index in [0.717, 1.165) is 49.2 Å². The second kappa shape index (κ2) is 13.4. The van der Waals surface area contributed by atoms with Gasteiger partial charge in [0.2, 0.25) is 0 Å². The van der Waals surface area contributed by atoms with Gasteiger partial charge in [-0.1, -0.05) is 140 Å². The lowest BCUT2D eigenvalue weighted by molar-refractivity contribution is 0.366. The van der Waals surface area contributed by atoms with Gasteiger partial charge in [-0.3, -0.25) is 0 Å². The molecule has 226 valence electrons. The van der Waals surface area contributed by atoms with Crippen molar-refractivity contribution in [2.75, 3.05) is 4.90 Å². The number of nitrogens with two attached hydrogens (primary N) is 1. The summed E-state index contributed by atoms with van der Waals surface area (Å²) >= 11 is 0. The van der Waals surface area contributed by atoms with Crippen molar-refractivity contribution >= 4 is 17.1 Å². The first kappa shape index (κ1) is 29.5. The molecule has 1 atom stereocenters. The highest BCUT2D eigenvalue weighted by Crippen LogP contribution is 2.43. The molecule has 2 nitrogen and oxygen atoms in total. The molecule has 1 aliphatic rings. The van der Waals surface area contributed by atoms with Gasteiger partial charge in [0.25, 0.3) is 0 Å². The molecular formula is C44H40N2. The molecule has 0 saturated carbocycles. The van der Waals surface area contributed by atoms with Crippen LogP contribution in [0, 0.1) is 0 Å². The maximum absolute atomic E-state index is 7.04. The van der Waals surface area contributed by atoms with Gasteiger partial charge in [0, 0.05) is 22.5 Å². The Morgan fingerprint density at radius 1 is 0.457 bits per heavy atom. The van der Waals surface area contributed by atoms with Gasteiger partial charge < -0.3 is 10.6 Å². The van der Waals surface area contributed by atoms with E-state index in [9.17, 15) is 0 Å². The average Bonchev–Trinajstić information content (AvgIpc) is 3.12. The third-order valence-corrected chi connectivity index (χ3v) is 9.28.